The van der Waals surface area contributed by atoms with Crippen molar-refractivity contribution < 1.29 is 9.59 Å². The Bertz CT molecular complexity index is 1120. The number of benzene rings is 2. The molecule has 1 N–H and O–H groups in total. The minimum atomic E-state index is -0.346. The fourth-order valence-corrected chi connectivity index (χ4v) is 4.03. The minimum absolute atomic E-state index is 0.0000781. The van der Waals surface area contributed by atoms with Crippen LogP contribution in [0, 0.1) is 12.3 Å². The zero-order valence-corrected chi connectivity index (χ0v) is 17.9. The number of rotatable bonds is 7. The van der Waals surface area contributed by atoms with Crippen LogP contribution in [0.25, 0.3) is 0 Å². The van der Waals surface area contributed by atoms with Gasteiger partial charge < -0.3 is 14.8 Å². The van der Waals surface area contributed by atoms with E-state index < -0.39 is 0 Å². The van der Waals surface area contributed by atoms with E-state index in [1.165, 1.54) is 5.56 Å². The van der Waals surface area contributed by atoms with E-state index >= 15 is 0 Å². The minimum Gasteiger partial charge on any atom is -0.350 e. The summed E-state index contributed by atoms with van der Waals surface area (Å²) in [6.45, 7) is 1.66. The Labute approximate surface area is 188 Å². The zero-order chi connectivity index (χ0) is 22.3. The third-order valence-corrected chi connectivity index (χ3v) is 5.64. The van der Waals surface area contributed by atoms with Crippen molar-refractivity contribution >= 4 is 11.8 Å². The summed E-state index contributed by atoms with van der Waals surface area (Å²) in [6, 6.07) is 19.5. The van der Waals surface area contributed by atoms with Crippen LogP contribution in [0.2, 0.25) is 0 Å². The van der Waals surface area contributed by atoms with Gasteiger partial charge in [-0.1, -0.05) is 60.7 Å². The Balaban J connectivity index is 1.54. The van der Waals surface area contributed by atoms with Crippen molar-refractivity contribution in [2.45, 2.75) is 31.8 Å². The summed E-state index contributed by atoms with van der Waals surface area (Å²) in [5.74, 6) is 3.03. The maximum Gasteiger partial charge on any atom is 0.271 e. The van der Waals surface area contributed by atoms with E-state index in [1.807, 2.05) is 70.1 Å². The molecule has 0 spiro atoms. The van der Waals surface area contributed by atoms with Crippen LogP contribution >= 0.6 is 0 Å². The summed E-state index contributed by atoms with van der Waals surface area (Å²) in [5, 5.41) is 2.96. The molecule has 6 heteroatoms. The number of hydrogen-bond acceptors (Lipinski definition) is 3. The number of amides is 2. The molecule has 32 heavy (non-hydrogen) atoms. The van der Waals surface area contributed by atoms with Crippen molar-refractivity contribution in [3.63, 3.8) is 0 Å². The second kappa shape index (κ2) is 9.97. The van der Waals surface area contributed by atoms with E-state index in [2.05, 4.69) is 16.2 Å². The molecule has 6 nitrogen and oxygen atoms in total. The first-order chi connectivity index (χ1) is 15.7. The van der Waals surface area contributed by atoms with Crippen LogP contribution in [0.3, 0.4) is 0 Å². The van der Waals surface area contributed by atoms with Crippen LogP contribution in [0.15, 0.2) is 66.9 Å². The Kier molecular flexibility index (Phi) is 6.66. The number of hydrogen-bond donors (Lipinski definition) is 1. The van der Waals surface area contributed by atoms with Gasteiger partial charge in [-0.15, -0.1) is 12.3 Å². The molecule has 3 aromatic rings. The zero-order valence-electron chi connectivity index (χ0n) is 17.9. The smallest absolute Gasteiger partial charge is 0.271 e. The fourth-order valence-electron chi connectivity index (χ4n) is 4.03. The lowest BCUT2D eigenvalue weighted by Crippen LogP contribution is -2.42. The van der Waals surface area contributed by atoms with Crippen LogP contribution in [-0.2, 0) is 17.8 Å². The van der Waals surface area contributed by atoms with E-state index in [0.29, 0.717) is 44.0 Å². The molecule has 1 aliphatic heterocycles. The van der Waals surface area contributed by atoms with E-state index in [4.69, 9.17) is 6.42 Å². The van der Waals surface area contributed by atoms with Gasteiger partial charge in [-0.25, -0.2) is 4.98 Å². The normalized spacial score (nSPS) is 15.0. The lowest BCUT2D eigenvalue weighted by Gasteiger charge is -2.36. The van der Waals surface area contributed by atoms with Gasteiger partial charge in [-0.05, 0) is 17.5 Å². The number of terminal acetylenes is 1. The van der Waals surface area contributed by atoms with Gasteiger partial charge in [0.05, 0.1) is 0 Å². The van der Waals surface area contributed by atoms with Crippen molar-refractivity contribution in [3.8, 4) is 12.3 Å². The molecular formula is C26H26N4O2. The van der Waals surface area contributed by atoms with Crippen LogP contribution in [-0.4, -0.2) is 39.4 Å². The predicted molar refractivity (Wildman–Crippen MR) is 123 cm³/mol. The van der Waals surface area contributed by atoms with Crippen molar-refractivity contribution in [2.75, 3.05) is 13.1 Å². The van der Waals surface area contributed by atoms with E-state index in [-0.39, 0.29) is 17.9 Å². The monoisotopic (exact) mass is 426 g/mol. The standard InChI is InChI=1S/C26H26N4O2/c1-2-3-14-23(31)30-18-17-29-19-22(26(32)27-16-15-20-10-6-4-7-11-20)28-25(29)24(30)21-12-8-5-9-13-21/h1,4-13,19,24H,3,14-18H2,(H,27,32). The Morgan fingerprint density at radius 2 is 1.78 bits per heavy atom. The molecular weight excluding hydrogens is 400 g/mol. The van der Waals surface area contributed by atoms with Crippen molar-refractivity contribution in [1.29, 1.82) is 0 Å². The molecule has 0 saturated heterocycles. The summed E-state index contributed by atoms with van der Waals surface area (Å²) in [7, 11) is 0. The fraction of sp³-hybridized carbons (Fsp3) is 0.269. The first kappa shape index (κ1) is 21.4. The van der Waals surface area contributed by atoms with Crippen molar-refractivity contribution in [3.05, 3.63) is 89.5 Å². The molecule has 2 amide bonds. The van der Waals surface area contributed by atoms with Crippen LogP contribution in [0.4, 0.5) is 0 Å². The molecule has 1 atom stereocenters. The Hall–Kier alpha value is -3.85. The maximum absolute atomic E-state index is 12.9. The summed E-state index contributed by atoms with van der Waals surface area (Å²) in [4.78, 5) is 32.1. The van der Waals surface area contributed by atoms with E-state index in [0.717, 1.165) is 12.0 Å². The largest absolute Gasteiger partial charge is 0.350 e. The number of nitrogens with one attached hydrogen (secondary N) is 1. The molecule has 1 aliphatic rings. The highest BCUT2D eigenvalue weighted by molar-refractivity contribution is 5.92. The van der Waals surface area contributed by atoms with E-state index in [9.17, 15) is 9.59 Å². The number of carbonyl (C=O) groups is 2. The second-order valence-electron chi connectivity index (χ2n) is 7.77. The summed E-state index contributed by atoms with van der Waals surface area (Å²) in [5.41, 5.74) is 2.50. The van der Waals surface area contributed by atoms with Gasteiger partial charge in [0, 0.05) is 38.7 Å². The van der Waals surface area contributed by atoms with Gasteiger partial charge >= 0.3 is 0 Å². The predicted octanol–water partition coefficient (Wildman–Crippen LogP) is 3.20. The molecule has 0 saturated carbocycles. The summed E-state index contributed by atoms with van der Waals surface area (Å²) in [6.07, 6.45) is 8.60. The first-order valence-corrected chi connectivity index (χ1v) is 10.8. The number of carbonyl (C=O) groups excluding carboxylic acids is 2. The van der Waals surface area contributed by atoms with Crippen LogP contribution in [0.1, 0.15) is 46.3 Å². The third kappa shape index (κ3) is 4.73. The average molecular weight is 427 g/mol. The summed E-state index contributed by atoms with van der Waals surface area (Å²) >= 11 is 0. The maximum atomic E-state index is 12.9. The molecule has 1 aromatic heterocycles. The molecule has 4 rings (SSSR count). The van der Waals surface area contributed by atoms with Gasteiger partial charge in [0.15, 0.2) is 0 Å². The molecule has 0 bridgehead atoms. The van der Waals surface area contributed by atoms with Gasteiger partial charge in [-0.3, -0.25) is 9.59 Å². The number of imidazole rings is 1. The van der Waals surface area contributed by atoms with Gasteiger partial charge in [0.25, 0.3) is 5.91 Å². The van der Waals surface area contributed by atoms with Crippen LogP contribution in [0.5, 0.6) is 0 Å². The van der Waals surface area contributed by atoms with E-state index in [1.54, 1.807) is 6.20 Å². The second-order valence-corrected chi connectivity index (χ2v) is 7.77. The molecule has 1 unspecified atom stereocenters. The van der Waals surface area contributed by atoms with Gasteiger partial charge in [0.2, 0.25) is 5.91 Å². The first-order valence-electron chi connectivity index (χ1n) is 10.8. The van der Waals surface area contributed by atoms with Crippen molar-refractivity contribution in [2.24, 2.45) is 0 Å². The molecule has 0 radical (unpaired) electrons. The Morgan fingerprint density at radius 1 is 1.06 bits per heavy atom. The van der Waals surface area contributed by atoms with Crippen LogP contribution < -0.4 is 5.32 Å². The number of fused-ring (bicyclic) bond motifs is 1. The molecule has 2 heterocycles. The Morgan fingerprint density at radius 3 is 2.50 bits per heavy atom. The molecule has 162 valence electrons. The molecule has 2 aromatic carbocycles. The molecule has 0 fully saturated rings. The molecule has 0 aliphatic carbocycles. The number of aromatic nitrogens is 2. The lowest BCUT2D eigenvalue weighted by atomic mass is 10.0. The lowest BCUT2D eigenvalue weighted by molar-refractivity contribution is -0.133. The highest BCUT2D eigenvalue weighted by Gasteiger charge is 2.34. The van der Waals surface area contributed by atoms with Gasteiger partial charge in [0.1, 0.15) is 17.6 Å². The highest BCUT2D eigenvalue weighted by Crippen LogP contribution is 2.32. The average Bonchev–Trinajstić information content (AvgIpc) is 3.27. The number of nitrogens with zero attached hydrogens (tertiary/aromatic N) is 3. The highest BCUT2D eigenvalue weighted by atomic mass is 16.2. The summed E-state index contributed by atoms with van der Waals surface area (Å²) < 4.78 is 1.98. The topological polar surface area (TPSA) is 67.2 Å². The third-order valence-electron chi connectivity index (χ3n) is 5.64. The quantitative estimate of drug-likeness (QED) is 0.590. The SMILES string of the molecule is C#CCCC(=O)N1CCn2cc(C(=O)NCCc3ccccc3)nc2C1c1ccccc1. The van der Waals surface area contributed by atoms with Gasteiger partial charge in [-0.2, -0.15) is 0 Å². The van der Waals surface area contributed by atoms with Crippen molar-refractivity contribution in [1.82, 2.24) is 19.8 Å².